The first-order valence-electron chi connectivity index (χ1n) is 6.17. The molecular weight excluding hydrogens is 262 g/mol. The zero-order chi connectivity index (χ0) is 15.0. The maximum Gasteiger partial charge on any atom is 0.123 e. The molecule has 0 aliphatic carbocycles. The summed E-state index contributed by atoms with van der Waals surface area (Å²) in [5, 5.41) is 10.4. The summed E-state index contributed by atoms with van der Waals surface area (Å²) in [7, 11) is 0. The van der Waals surface area contributed by atoms with Gasteiger partial charge in [-0.1, -0.05) is 41.5 Å². The Kier molecular flexibility index (Phi) is 4.32. The highest BCUT2D eigenvalue weighted by atomic mass is 32.2. The van der Waals surface area contributed by atoms with E-state index in [2.05, 4.69) is 4.72 Å². The molecule has 2 N–H and O–H groups in total. The van der Waals surface area contributed by atoms with Crippen molar-refractivity contribution in [3.8, 4) is 5.75 Å². The lowest BCUT2D eigenvalue weighted by Crippen LogP contribution is -2.18. The maximum atomic E-state index is 10.8. The Morgan fingerprint density at radius 3 is 1.68 bits per heavy atom. The Balaban J connectivity index is 3.52. The number of phenols is 1. The molecule has 0 fully saturated rings. The minimum atomic E-state index is -2.37. The zero-order valence-corrected chi connectivity index (χ0v) is 13.1. The molecule has 0 spiro atoms. The highest BCUT2D eigenvalue weighted by molar-refractivity contribution is 7.80. The minimum absolute atomic E-state index is 0.238. The summed E-state index contributed by atoms with van der Waals surface area (Å²) in [6.45, 7) is 11.9. The van der Waals surface area contributed by atoms with E-state index in [1.165, 1.54) is 0 Å². The van der Waals surface area contributed by atoms with E-state index < -0.39 is 11.3 Å². The monoisotopic (exact) mass is 284 g/mol. The molecule has 19 heavy (non-hydrogen) atoms. The van der Waals surface area contributed by atoms with Crippen LogP contribution in [0.4, 0.5) is 5.69 Å². The van der Waals surface area contributed by atoms with E-state index in [1.54, 1.807) is 12.1 Å². The van der Waals surface area contributed by atoms with Crippen molar-refractivity contribution < 1.29 is 13.9 Å². The standard InChI is InChI=1S/C14H23NO3S/c1-13(2,3)10-7-9(15-19(17)18)8-11(12(10)16)14(4,5)6/h7-8,15-16H,1-6H3,(H,17,18)/p-1. The average molecular weight is 284 g/mol. The van der Waals surface area contributed by atoms with Gasteiger partial charge in [-0.05, 0) is 23.0 Å². The summed E-state index contributed by atoms with van der Waals surface area (Å²) in [5.74, 6) is 0.238. The number of anilines is 1. The first kappa shape index (κ1) is 16.0. The molecule has 0 aliphatic heterocycles. The predicted molar refractivity (Wildman–Crippen MR) is 78.0 cm³/mol. The van der Waals surface area contributed by atoms with Gasteiger partial charge in [0.15, 0.2) is 0 Å². The van der Waals surface area contributed by atoms with Gasteiger partial charge in [0.05, 0.1) is 0 Å². The van der Waals surface area contributed by atoms with Crippen molar-refractivity contribution in [2.75, 3.05) is 4.72 Å². The number of hydrogen-bond acceptors (Lipinski definition) is 3. The second-order valence-electron chi connectivity index (χ2n) is 6.76. The van der Waals surface area contributed by atoms with Crippen LogP contribution in [0.25, 0.3) is 0 Å². The van der Waals surface area contributed by atoms with E-state index >= 15 is 0 Å². The number of hydrogen-bond donors (Lipinski definition) is 2. The molecule has 0 radical (unpaired) electrons. The molecule has 0 aromatic heterocycles. The van der Waals surface area contributed by atoms with E-state index in [-0.39, 0.29) is 16.6 Å². The Morgan fingerprint density at radius 1 is 1.05 bits per heavy atom. The average Bonchev–Trinajstić information content (AvgIpc) is 2.16. The Hall–Kier alpha value is -1.07. The van der Waals surface area contributed by atoms with Crippen molar-refractivity contribution in [3.05, 3.63) is 23.3 Å². The van der Waals surface area contributed by atoms with Crippen molar-refractivity contribution in [1.29, 1.82) is 0 Å². The van der Waals surface area contributed by atoms with Gasteiger partial charge < -0.3 is 14.4 Å². The summed E-state index contributed by atoms with van der Waals surface area (Å²) < 4.78 is 24.0. The summed E-state index contributed by atoms with van der Waals surface area (Å²) in [5.41, 5.74) is 1.39. The van der Waals surface area contributed by atoms with Gasteiger partial charge in [-0.15, -0.1) is 0 Å². The van der Waals surface area contributed by atoms with Gasteiger partial charge in [0.25, 0.3) is 0 Å². The second kappa shape index (κ2) is 5.13. The Morgan fingerprint density at radius 2 is 1.42 bits per heavy atom. The largest absolute Gasteiger partial charge is 0.755 e. The second-order valence-corrected chi connectivity index (χ2v) is 7.43. The number of benzene rings is 1. The summed E-state index contributed by atoms with van der Waals surface area (Å²) in [6.07, 6.45) is 0. The maximum absolute atomic E-state index is 10.8. The van der Waals surface area contributed by atoms with Crippen LogP contribution < -0.4 is 4.72 Å². The minimum Gasteiger partial charge on any atom is -0.755 e. The van der Waals surface area contributed by atoms with Crippen molar-refractivity contribution in [1.82, 2.24) is 0 Å². The predicted octanol–water partition coefficient (Wildman–Crippen LogP) is 3.19. The molecule has 1 aromatic carbocycles. The SMILES string of the molecule is CC(C)(C)c1cc(NS(=O)[O-])cc(C(C)(C)C)c1O. The molecule has 4 nitrogen and oxygen atoms in total. The zero-order valence-electron chi connectivity index (χ0n) is 12.3. The fraction of sp³-hybridized carbons (Fsp3) is 0.571. The van der Waals surface area contributed by atoms with Crippen LogP contribution in [0.15, 0.2) is 12.1 Å². The van der Waals surface area contributed by atoms with Crippen LogP contribution in [-0.4, -0.2) is 13.9 Å². The molecular formula is C14H22NO3S-. The number of nitrogens with one attached hydrogen (secondary N) is 1. The molecule has 0 heterocycles. The fourth-order valence-electron chi connectivity index (χ4n) is 1.93. The number of aromatic hydroxyl groups is 1. The Bertz CT molecular complexity index is 463. The quantitative estimate of drug-likeness (QED) is 0.647. The van der Waals surface area contributed by atoms with Gasteiger partial charge in [0, 0.05) is 28.1 Å². The van der Waals surface area contributed by atoms with E-state index in [1.807, 2.05) is 41.5 Å². The van der Waals surface area contributed by atoms with Crippen LogP contribution in [0.3, 0.4) is 0 Å². The van der Waals surface area contributed by atoms with E-state index in [4.69, 9.17) is 0 Å². The summed E-state index contributed by atoms with van der Waals surface area (Å²) >= 11 is -2.37. The molecule has 1 atom stereocenters. The third kappa shape index (κ3) is 3.94. The smallest absolute Gasteiger partial charge is 0.123 e. The van der Waals surface area contributed by atoms with E-state index in [9.17, 15) is 13.9 Å². The van der Waals surface area contributed by atoms with Crippen molar-refractivity contribution in [3.63, 3.8) is 0 Å². The van der Waals surface area contributed by atoms with Crippen LogP contribution in [0.2, 0.25) is 0 Å². The van der Waals surface area contributed by atoms with Gasteiger partial charge in [0.2, 0.25) is 0 Å². The highest BCUT2D eigenvalue weighted by Gasteiger charge is 2.26. The van der Waals surface area contributed by atoms with Crippen LogP contribution >= 0.6 is 0 Å². The van der Waals surface area contributed by atoms with E-state index in [0.717, 1.165) is 11.1 Å². The lowest BCUT2D eigenvalue weighted by molar-refractivity contribution is 0.423. The lowest BCUT2D eigenvalue weighted by atomic mass is 9.79. The molecule has 1 aromatic rings. The summed E-state index contributed by atoms with van der Waals surface area (Å²) in [6, 6.07) is 3.36. The Labute approximate surface area is 117 Å². The molecule has 108 valence electrons. The lowest BCUT2D eigenvalue weighted by Gasteiger charge is -2.28. The normalized spacial score (nSPS) is 14.3. The first-order chi connectivity index (χ1) is 8.43. The molecule has 0 saturated heterocycles. The molecule has 0 bridgehead atoms. The van der Waals surface area contributed by atoms with Crippen LogP contribution in [0.1, 0.15) is 52.7 Å². The summed E-state index contributed by atoms with van der Waals surface area (Å²) in [4.78, 5) is 0. The van der Waals surface area contributed by atoms with Crippen molar-refractivity contribution in [2.24, 2.45) is 0 Å². The van der Waals surface area contributed by atoms with Crippen LogP contribution in [0.5, 0.6) is 5.75 Å². The third-order valence-corrected chi connectivity index (χ3v) is 3.33. The van der Waals surface area contributed by atoms with Gasteiger partial charge >= 0.3 is 0 Å². The molecule has 0 amide bonds. The third-order valence-electron chi connectivity index (χ3n) is 2.93. The molecule has 1 unspecified atom stereocenters. The van der Waals surface area contributed by atoms with E-state index in [0.29, 0.717) is 5.69 Å². The van der Waals surface area contributed by atoms with Crippen molar-refractivity contribution >= 4 is 17.0 Å². The van der Waals surface area contributed by atoms with Gasteiger partial charge in [-0.3, -0.25) is 4.21 Å². The molecule has 5 heteroatoms. The molecule has 1 rings (SSSR count). The first-order valence-corrected chi connectivity index (χ1v) is 7.24. The van der Waals surface area contributed by atoms with Crippen LogP contribution in [0, 0.1) is 0 Å². The molecule has 0 saturated carbocycles. The highest BCUT2D eigenvalue weighted by Crippen LogP contribution is 2.40. The fourth-order valence-corrected chi connectivity index (χ4v) is 2.24. The van der Waals surface area contributed by atoms with Crippen molar-refractivity contribution in [2.45, 2.75) is 52.4 Å². The topological polar surface area (TPSA) is 72.4 Å². The molecule has 0 aliphatic rings. The van der Waals surface area contributed by atoms with Gasteiger partial charge in [-0.25, -0.2) is 0 Å². The number of phenolic OH excluding ortho intramolecular Hbond substituents is 1. The van der Waals surface area contributed by atoms with Gasteiger partial charge in [0.1, 0.15) is 5.75 Å². The van der Waals surface area contributed by atoms with Gasteiger partial charge in [-0.2, -0.15) is 0 Å². The van der Waals surface area contributed by atoms with Crippen LogP contribution in [-0.2, 0) is 22.1 Å². The number of rotatable bonds is 2.